The van der Waals surface area contributed by atoms with Crippen LogP contribution in [-0.2, 0) is 63.7 Å². The monoisotopic (exact) mass is 1050 g/mol. The number of carbonyl (C=O) groups is 6. The summed E-state index contributed by atoms with van der Waals surface area (Å²) in [6.45, 7) is 14.6. The number of aryl methyl sites for hydroxylation is 1. The van der Waals surface area contributed by atoms with Gasteiger partial charge in [0.25, 0.3) is 11.7 Å². The Kier molecular flexibility index (Phi) is 23.3. The molecule has 75 heavy (non-hydrogen) atoms. The van der Waals surface area contributed by atoms with Crippen molar-refractivity contribution >= 4 is 35.2 Å². The van der Waals surface area contributed by atoms with Crippen LogP contribution in [0.15, 0.2) is 72.1 Å². The molecule has 5 rings (SSSR count). The molecule has 2 saturated heterocycles. The number of hydrogen-bond donors (Lipinski definition) is 2. The van der Waals surface area contributed by atoms with Crippen molar-refractivity contribution in [2.24, 2.45) is 35.5 Å². The van der Waals surface area contributed by atoms with Gasteiger partial charge in [0.05, 0.1) is 24.4 Å². The number of esters is 2. The molecule has 0 aromatic carbocycles. The molecule has 3 aliphatic heterocycles. The Morgan fingerprint density at radius 3 is 2.25 bits per heavy atom. The quantitative estimate of drug-likeness (QED) is 0.110. The highest BCUT2D eigenvalue weighted by atomic mass is 16.6. The fourth-order valence-corrected chi connectivity index (χ4v) is 11.2. The number of rotatable bonds is 9. The molecule has 16 heteroatoms. The van der Waals surface area contributed by atoms with Gasteiger partial charge < -0.3 is 43.5 Å². The number of piperidine rings is 1. The first-order valence-electron chi connectivity index (χ1n) is 27.2. The smallest absolute Gasteiger partial charge is 0.373 e. The van der Waals surface area contributed by atoms with Gasteiger partial charge in [-0.25, -0.2) is 9.59 Å². The number of hydrogen-bond acceptors (Lipinski definition) is 14. The lowest BCUT2D eigenvalue weighted by Gasteiger charge is -2.42. The number of allylic oxidation sites excluding steroid dienone is 6. The Hall–Kier alpha value is -4.71. The molecule has 15 atom stereocenters. The maximum absolute atomic E-state index is 14.6. The maximum Gasteiger partial charge on any atom is 0.373 e. The van der Waals surface area contributed by atoms with Crippen molar-refractivity contribution in [3.05, 3.63) is 77.7 Å². The van der Waals surface area contributed by atoms with Gasteiger partial charge in [0.2, 0.25) is 12.3 Å². The zero-order valence-electron chi connectivity index (χ0n) is 46.4. The van der Waals surface area contributed by atoms with Crippen LogP contribution < -0.4 is 4.57 Å². The number of fused-ring (bicyclic) bond motifs is 3. The molecular formula is C59H87N2O14+. The number of nitrogens with zero attached hydrogens (tertiary/aromatic N) is 2. The first kappa shape index (κ1) is 61.1. The molecule has 416 valence electrons. The second-order valence-electron chi connectivity index (χ2n) is 22.1. The standard InChI is InChI=1S/C59H87N2O14/c1-36-24-27-60(28-25-36)35-52(64)74-54-42(7)30-39(4)48(63)34-50(40(5)31-44-21-23-47(62)51(32-44)71-10)73-58(68)46-19-15-16-26-61(46)57(67)56(66)59(69)43(8)20-22-45(75-59)33-49(70-9)38(3)18-14-12-13-17-37(2)29-41(6)53(65)55(54)72-11/h12-14,17-18,24-25,27-28,30,37,39-41,43-47,49-51,54-55,62,69H,15-16,19-23,26,29,31-35H2,1-11H3/q+1/b14-12+,17-13+,38-18+,42-30+/t37-,39-,40-,41-,43-,44+,45+,46+,47-,49+,50+,51-,54-,55+,59-/m1/s1. The predicted molar refractivity (Wildman–Crippen MR) is 280 cm³/mol. The lowest BCUT2D eigenvalue weighted by Crippen LogP contribution is -2.61. The van der Waals surface area contributed by atoms with Crippen LogP contribution in [0, 0.1) is 42.4 Å². The maximum atomic E-state index is 14.6. The van der Waals surface area contributed by atoms with Gasteiger partial charge in [-0.3, -0.25) is 19.2 Å². The summed E-state index contributed by atoms with van der Waals surface area (Å²) in [4.78, 5) is 87.2. The van der Waals surface area contributed by atoms with Gasteiger partial charge >= 0.3 is 11.9 Å². The van der Waals surface area contributed by atoms with Crippen molar-refractivity contribution in [2.75, 3.05) is 27.9 Å². The zero-order valence-corrected chi connectivity index (χ0v) is 46.4. The second kappa shape index (κ2) is 28.6. The van der Waals surface area contributed by atoms with Crippen molar-refractivity contribution in [2.45, 2.75) is 194 Å². The zero-order chi connectivity index (χ0) is 55.1. The highest BCUT2D eigenvalue weighted by Gasteiger charge is 2.53. The number of carbonyl (C=O) groups excluding carboxylic acids is 6. The van der Waals surface area contributed by atoms with Crippen molar-refractivity contribution in [3.8, 4) is 0 Å². The number of aromatic nitrogens is 1. The number of methoxy groups -OCH3 is 3. The minimum atomic E-state index is -2.45. The van der Waals surface area contributed by atoms with E-state index in [1.807, 2.05) is 77.1 Å². The molecule has 3 fully saturated rings. The van der Waals surface area contributed by atoms with Gasteiger partial charge in [-0.05, 0) is 119 Å². The average molecular weight is 1050 g/mol. The topological polar surface area (TPSA) is 205 Å². The van der Waals surface area contributed by atoms with Crippen LogP contribution in [0.4, 0.5) is 0 Å². The van der Waals surface area contributed by atoms with Gasteiger partial charge in [0.1, 0.15) is 17.9 Å². The SMILES string of the molecule is CO[C@H]1C[C@@H]2CC[C@@H](C)[C@@](O)(O2)C(=O)C(=O)N2CCCC[C@H]2C(=O)O[C@H]([C@H](C)C[C@@H]2CC[C@@H](O)[C@H](OC)C2)CC(=O)[C@H](C)/C=C(\C)[C@@H](OC(=O)C[n+]2ccc(C)cc2)[C@@H](OC)C(=O)[C@H](C)C[C@H](C)/C=C/C=C/C=C/1C. The number of amides is 1. The number of ketones is 3. The van der Waals surface area contributed by atoms with Gasteiger partial charge in [-0.2, -0.15) is 4.57 Å². The van der Waals surface area contributed by atoms with E-state index in [2.05, 4.69) is 0 Å². The first-order valence-corrected chi connectivity index (χ1v) is 27.2. The van der Waals surface area contributed by atoms with E-state index in [4.69, 9.17) is 28.4 Å². The van der Waals surface area contributed by atoms with E-state index in [9.17, 15) is 39.0 Å². The van der Waals surface area contributed by atoms with Crippen LogP contribution in [0.2, 0.25) is 0 Å². The summed E-state index contributed by atoms with van der Waals surface area (Å²) in [6, 6.07) is 2.56. The number of cyclic esters (lactones) is 1. The Balaban J connectivity index is 1.53. The normalized spacial score (nSPS) is 36.5. The van der Waals surface area contributed by atoms with E-state index < -0.39 is 89.8 Å². The molecule has 1 aromatic rings. The fraction of sp³-hybridized carbons (Fsp3) is 0.678. The molecule has 0 radical (unpaired) electrons. The number of aliphatic hydroxyl groups excluding tert-OH is 1. The Labute approximate surface area is 445 Å². The number of aliphatic hydroxyl groups is 2. The third-order valence-corrected chi connectivity index (χ3v) is 16.1. The van der Waals surface area contributed by atoms with Crippen LogP contribution in [0.5, 0.6) is 0 Å². The summed E-state index contributed by atoms with van der Waals surface area (Å²) >= 11 is 0. The van der Waals surface area contributed by atoms with E-state index in [-0.39, 0.29) is 61.4 Å². The van der Waals surface area contributed by atoms with E-state index in [1.165, 1.54) is 12.0 Å². The molecule has 1 amide bonds. The minimum absolute atomic E-state index is 0.0392. The van der Waals surface area contributed by atoms with Gasteiger partial charge in [0, 0.05) is 70.6 Å². The van der Waals surface area contributed by atoms with Crippen LogP contribution in [0.25, 0.3) is 0 Å². The average Bonchev–Trinajstić information content (AvgIpc) is 3.38. The van der Waals surface area contributed by atoms with Crippen molar-refractivity contribution < 1.29 is 72.0 Å². The summed E-state index contributed by atoms with van der Waals surface area (Å²) in [7, 11) is 4.54. The molecule has 4 heterocycles. The number of ether oxygens (including phenoxy) is 6. The largest absolute Gasteiger partial charge is 0.460 e. The molecule has 1 aromatic heterocycles. The highest BCUT2D eigenvalue weighted by molar-refractivity contribution is 6.39. The van der Waals surface area contributed by atoms with E-state index >= 15 is 0 Å². The van der Waals surface area contributed by atoms with Crippen LogP contribution in [-0.4, -0.2) is 133 Å². The minimum Gasteiger partial charge on any atom is -0.460 e. The van der Waals surface area contributed by atoms with E-state index in [0.29, 0.717) is 69.8 Å². The molecule has 2 bridgehead atoms. The molecule has 0 unspecified atom stereocenters. The Bertz CT molecular complexity index is 2240. The van der Waals surface area contributed by atoms with E-state index in [0.717, 1.165) is 11.1 Å². The number of pyridine rings is 1. The molecule has 1 saturated carbocycles. The number of Topliss-reactive ketones (excluding diaryl/α,β-unsaturated/α-hetero) is 3. The lowest BCUT2D eigenvalue weighted by atomic mass is 9.78. The van der Waals surface area contributed by atoms with Crippen molar-refractivity contribution in [3.63, 3.8) is 0 Å². The molecular weight excluding hydrogens is 961 g/mol. The van der Waals surface area contributed by atoms with Crippen molar-refractivity contribution in [1.29, 1.82) is 0 Å². The molecule has 1 aliphatic carbocycles. The van der Waals surface area contributed by atoms with Crippen LogP contribution >= 0.6 is 0 Å². The Morgan fingerprint density at radius 2 is 1.57 bits per heavy atom. The molecule has 4 aliphatic rings. The van der Waals surface area contributed by atoms with E-state index in [1.54, 1.807) is 58.0 Å². The van der Waals surface area contributed by atoms with Gasteiger partial charge in [-0.15, -0.1) is 0 Å². The molecule has 16 nitrogen and oxygen atoms in total. The third kappa shape index (κ3) is 16.6. The molecule has 0 spiro atoms. The van der Waals surface area contributed by atoms with Gasteiger partial charge in [-0.1, -0.05) is 71.1 Å². The predicted octanol–water partition coefficient (Wildman–Crippen LogP) is 7.03. The second-order valence-corrected chi connectivity index (χ2v) is 22.1. The summed E-state index contributed by atoms with van der Waals surface area (Å²) < 4.78 is 37.7. The highest BCUT2D eigenvalue weighted by Crippen LogP contribution is 2.38. The summed E-state index contributed by atoms with van der Waals surface area (Å²) in [6.07, 6.45) is 14.4. The Morgan fingerprint density at radius 1 is 0.853 bits per heavy atom. The first-order chi connectivity index (χ1) is 35.6. The summed E-state index contributed by atoms with van der Waals surface area (Å²) in [5.41, 5.74) is 2.30. The molecule has 2 N–H and O–H groups in total. The van der Waals surface area contributed by atoms with Gasteiger partial charge in [0.15, 0.2) is 30.4 Å². The van der Waals surface area contributed by atoms with Crippen molar-refractivity contribution in [1.82, 2.24) is 4.90 Å². The third-order valence-electron chi connectivity index (χ3n) is 16.1. The summed E-state index contributed by atoms with van der Waals surface area (Å²) in [5, 5.41) is 22.6. The van der Waals surface area contributed by atoms with Crippen LogP contribution in [0.3, 0.4) is 0 Å². The lowest BCUT2D eigenvalue weighted by molar-refractivity contribution is -0.686. The fourth-order valence-electron chi connectivity index (χ4n) is 11.2. The summed E-state index contributed by atoms with van der Waals surface area (Å²) in [5.74, 6) is -9.00. The van der Waals surface area contributed by atoms with Crippen LogP contribution in [0.1, 0.15) is 131 Å².